The van der Waals surface area contributed by atoms with Crippen molar-refractivity contribution in [2.45, 2.75) is 45.9 Å². The van der Waals surface area contributed by atoms with Gasteiger partial charge in [-0.25, -0.2) is 10.0 Å². The summed E-state index contributed by atoms with van der Waals surface area (Å²) in [7, 11) is 0. The van der Waals surface area contributed by atoms with Crippen LogP contribution in [0, 0.1) is 0 Å². The lowest BCUT2D eigenvalue weighted by atomic mass is 10.3. The Labute approximate surface area is 69.1 Å². The molecule has 66 valence electrons. The quantitative estimate of drug-likeness (QED) is 0.617. The van der Waals surface area contributed by atoms with Gasteiger partial charge in [0.2, 0.25) is 0 Å². The number of hydrazine groups is 1. The fourth-order valence-corrected chi connectivity index (χ4v) is 1.53. The van der Waals surface area contributed by atoms with E-state index < -0.39 is 0 Å². The number of nitrogens with two attached hydrogens (primary N) is 1. The molecule has 0 aromatic rings. The summed E-state index contributed by atoms with van der Waals surface area (Å²) >= 11 is 0. The van der Waals surface area contributed by atoms with Crippen LogP contribution < -0.4 is 5.73 Å². The van der Waals surface area contributed by atoms with Crippen molar-refractivity contribution in [2.75, 3.05) is 6.54 Å². The van der Waals surface area contributed by atoms with Gasteiger partial charge >= 0.3 is 0 Å². The molecule has 0 aromatic carbocycles. The molecule has 3 unspecified atom stereocenters. The minimum absolute atomic E-state index is 0.182. The van der Waals surface area contributed by atoms with Crippen molar-refractivity contribution in [2.24, 2.45) is 5.73 Å². The first kappa shape index (κ1) is 8.97. The van der Waals surface area contributed by atoms with Gasteiger partial charge in [0.15, 0.2) is 0 Å². The second-order valence-electron chi connectivity index (χ2n) is 3.27. The Bertz CT molecular complexity index is 125. The van der Waals surface area contributed by atoms with Crippen molar-refractivity contribution >= 4 is 0 Å². The van der Waals surface area contributed by atoms with Crippen molar-refractivity contribution in [1.29, 1.82) is 0 Å². The molecule has 0 bridgehead atoms. The van der Waals surface area contributed by atoms with E-state index in [4.69, 9.17) is 5.73 Å². The summed E-state index contributed by atoms with van der Waals surface area (Å²) in [5.41, 5.74) is 5.73. The average Bonchev–Trinajstić information content (AvgIpc) is 2.57. The van der Waals surface area contributed by atoms with Gasteiger partial charge < -0.3 is 5.73 Å². The second-order valence-corrected chi connectivity index (χ2v) is 3.27. The minimum atomic E-state index is 0.182. The van der Waals surface area contributed by atoms with E-state index in [9.17, 15) is 0 Å². The van der Waals surface area contributed by atoms with Gasteiger partial charge in [-0.2, -0.15) is 0 Å². The Morgan fingerprint density at radius 3 is 2.55 bits per heavy atom. The summed E-state index contributed by atoms with van der Waals surface area (Å²) in [5, 5.41) is 4.55. The highest BCUT2D eigenvalue weighted by Crippen LogP contribution is 2.26. The Balaban J connectivity index is 2.19. The van der Waals surface area contributed by atoms with E-state index >= 15 is 0 Å². The molecule has 1 heterocycles. The van der Waals surface area contributed by atoms with E-state index in [-0.39, 0.29) is 6.17 Å². The average molecular weight is 157 g/mol. The lowest BCUT2D eigenvalue weighted by molar-refractivity contribution is 0.250. The molecule has 0 radical (unpaired) electrons. The van der Waals surface area contributed by atoms with Crippen LogP contribution in [0.5, 0.6) is 0 Å². The van der Waals surface area contributed by atoms with Crippen LogP contribution in [0.1, 0.15) is 33.6 Å². The molecular formula is C8H19N3. The van der Waals surface area contributed by atoms with Crippen LogP contribution >= 0.6 is 0 Å². The summed E-state index contributed by atoms with van der Waals surface area (Å²) in [6, 6.07) is 0. The van der Waals surface area contributed by atoms with E-state index in [0.717, 1.165) is 0 Å². The molecule has 1 rings (SSSR count). The van der Waals surface area contributed by atoms with Crippen molar-refractivity contribution < 1.29 is 0 Å². The summed E-state index contributed by atoms with van der Waals surface area (Å²) in [6.07, 6.45) is 3.28. The van der Waals surface area contributed by atoms with Gasteiger partial charge in [-0.05, 0) is 20.3 Å². The zero-order valence-corrected chi connectivity index (χ0v) is 7.75. The third-order valence-electron chi connectivity index (χ3n) is 2.21. The molecule has 0 saturated carbocycles. The van der Waals surface area contributed by atoms with Gasteiger partial charge in [-0.15, -0.1) is 0 Å². The monoisotopic (exact) mass is 157 g/mol. The Kier molecular flexibility index (Phi) is 2.87. The van der Waals surface area contributed by atoms with Crippen molar-refractivity contribution in [3.05, 3.63) is 0 Å². The predicted molar refractivity (Wildman–Crippen MR) is 46.6 cm³/mol. The van der Waals surface area contributed by atoms with Gasteiger partial charge in [0.05, 0.1) is 12.3 Å². The molecule has 1 aliphatic heterocycles. The SMILES string of the molecule is CCCCN1[C@H](C)N1C(C)N. The van der Waals surface area contributed by atoms with Gasteiger partial charge in [-0.3, -0.25) is 0 Å². The van der Waals surface area contributed by atoms with E-state index in [0.29, 0.717) is 6.17 Å². The van der Waals surface area contributed by atoms with Crippen LogP contribution in [0.15, 0.2) is 0 Å². The van der Waals surface area contributed by atoms with Crippen molar-refractivity contribution in [3.8, 4) is 0 Å². The van der Waals surface area contributed by atoms with Crippen LogP contribution in [-0.2, 0) is 0 Å². The molecule has 4 atom stereocenters. The van der Waals surface area contributed by atoms with E-state index in [2.05, 4.69) is 23.9 Å². The predicted octanol–water partition coefficient (Wildman–Crippen LogP) is 0.970. The summed E-state index contributed by atoms with van der Waals surface area (Å²) < 4.78 is 0. The third-order valence-corrected chi connectivity index (χ3v) is 2.21. The van der Waals surface area contributed by atoms with E-state index in [1.807, 2.05) is 6.92 Å². The number of nitrogens with zero attached hydrogens (tertiary/aromatic N) is 2. The first-order valence-corrected chi connectivity index (χ1v) is 4.49. The first-order valence-electron chi connectivity index (χ1n) is 4.49. The van der Waals surface area contributed by atoms with Crippen LogP contribution in [0.25, 0.3) is 0 Å². The minimum Gasteiger partial charge on any atom is -0.315 e. The zero-order valence-electron chi connectivity index (χ0n) is 7.75. The maximum Gasteiger partial charge on any atom is 0.0884 e. The molecule has 3 nitrogen and oxygen atoms in total. The van der Waals surface area contributed by atoms with Crippen molar-refractivity contribution in [1.82, 2.24) is 10.0 Å². The van der Waals surface area contributed by atoms with Gasteiger partial charge in [0.25, 0.3) is 0 Å². The summed E-state index contributed by atoms with van der Waals surface area (Å²) in [4.78, 5) is 0. The number of unbranched alkanes of at least 4 members (excludes halogenated alkanes) is 1. The zero-order chi connectivity index (χ0) is 8.43. The molecule has 0 aromatic heterocycles. The highest BCUT2D eigenvalue weighted by molar-refractivity contribution is 4.81. The maximum absolute atomic E-state index is 5.73. The normalized spacial score (nSPS) is 38.7. The van der Waals surface area contributed by atoms with Crippen LogP contribution in [0.2, 0.25) is 0 Å². The molecule has 1 saturated heterocycles. The summed E-state index contributed by atoms with van der Waals surface area (Å²) in [5.74, 6) is 0. The fraction of sp³-hybridized carbons (Fsp3) is 1.00. The van der Waals surface area contributed by atoms with Crippen LogP contribution in [0.3, 0.4) is 0 Å². The largest absolute Gasteiger partial charge is 0.315 e. The van der Waals surface area contributed by atoms with Gasteiger partial charge in [0, 0.05) is 6.54 Å². The molecule has 1 fully saturated rings. The first-order chi connectivity index (χ1) is 5.18. The number of rotatable bonds is 4. The number of hydrogen-bond acceptors (Lipinski definition) is 3. The maximum atomic E-state index is 5.73. The molecular weight excluding hydrogens is 138 g/mol. The van der Waals surface area contributed by atoms with Crippen LogP contribution in [-0.4, -0.2) is 28.9 Å². The smallest absolute Gasteiger partial charge is 0.0884 e. The topological polar surface area (TPSA) is 32.0 Å². The lowest BCUT2D eigenvalue weighted by Gasteiger charge is -2.06. The highest BCUT2D eigenvalue weighted by Gasteiger charge is 2.42. The molecule has 0 aliphatic carbocycles. The molecule has 2 N–H and O–H groups in total. The van der Waals surface area contributed by atoms with Gasteiger partial charge in [0.1, 0.15) is 0 Å². The standard InChI is InChI=1S/C8H19N3/c1-4-5-6-10-8(3)11(10)7(2)9/h7-8H,4-6,9H2,1-3H3/t7?,8-,10?,11?/m0/s1. The Morgan fingerprint density at radius 1 is 1.55 bits per heavy atom. The molecule has 0 spiro atoms. The molecule has 11 heavy (non-hydrogen) atoms. The highest BCUT2D eigenvalue weighted by atomic mass is 15.9. The molecule has 0 amide bonds. The summed E-state index contributed by atoms with van der Waals surface area (Å²) in [6.45, 7) is 7.60. The fourth-order valence-electron chi connectivity index (χ4n) is 1.53. The number of hydrogen-bond donors (Lipinski definition) is 1. The lowest BCUT2D eigenvalue weighted by Crippen LogP contribution is -2.28. The second kappa shape index (κ2) is 3.52. The molecule has 1 aliphatic rings. The van der Waals surface area contributed by atoms with Crippen LogP contribution in [0.4, 0.5) is 0 Å². The van der Waals surface area contributed by atoms with Gasteiger partial charge in [-0.1, -0.05) is 13.3 Å². The van der Waals surface area contributed by atoms with E-state index in [1.54, 1.807) is 0 Å². The van der Waals surface area contributed by atoms with Crippen molar-refractivity contribution in [3.63, 3.8) is 0 Å². The Hall–Kier alpha value is -0.120. The Morgan fingerprint density at radius 2 is 2.18 bits per heavy atom. The third kappa shape index (κ3) is 1.92. The van der Waals surface area contributed by atoms with E-state index in [1.165, 1.54) is 19.4 Å². The molecule has 3 heteroatoms.